The molecule has 0 atom stereocenters. The summed E-state index contributed by atoms with van der Waals surface area (Å²) in [5, 5.41) is 7.42. The molecule has 3 aromatic rings. The summed E-state index contributed by atoms with van der Waals surface area (Å²) in [6.45, 7) is 1.86. The van der Waals surface area contributed by atoms with Crippen LogP contribution in [0.15, 0.2) is 81.2 Å². The highest BCUT2D eigenvalue weighted by Crippen LogP contribution is 2.25. The lowest BCUT2D eigenvalue weighted by Crippen LogP contribution is -2.20. The maximum absolute atomic E-state index is 12.1. The van der Waals surface area contributed by atoms with Gasteiger partial charge in [0.15, 0.2) is 6.61 Å². The van der Waals surface area contributed by atoms with Gasteiger partial charge in [-0.1, -0.05) is 29.3 Å². The smallest absolute Gasteiger partial charge is 0.262 e. The Labute approximate surface area is 209 Å². The fourth-order valence-corrected chi connectivity index (χ4v) is 3.91. The third kappa shape index (κ3) is 8.57. The van der Waals surface area contributed by atoms with E-state index in [9.17, 15) is 9.59 Å². The molecule has 6 nitrogen and oxygen atoms in total. The molecule has 0 unspecified atom stereocenters. The summed E-state index contributed by atoms with van der Waals surface area (Å²) in [5.41, 5.74) is 5.09. The van der Waals surface area contributed by atoms with Crippen molar-refractivity contribution in [1.29, 1.82) is 0 Å². The number of halogens is 2. The van der Waals surface area contributed by atoms with Crippen LogP contribution in [-0.4, -0.2) is 30.4 Å². The van der Waals surface area contributed by atoms with Gasteiger partial charge in [0.2, 0.25) is 5.91 Å². The highest BCUT2D eigenvalue weighted by atomic mass is 79.9. The lowest BCUT2D eigenvalue weighted by molar-refractivity contribution is -0.119. The van der Waals surface area contributed by atoms with Crippen molar-refractivity contribution < 1.29 is 14.3 Å². The van der Waals surface area contributed by atoms with Crippen LogP contribution in [0.3, 0.4) is 0 Å². The van der Waals surface area contributed by atoms with E-state index in [1.54, 1.807) is 30.3 Å². The summed E-state index contributed by atoms with van der Waals surface area (Å²) in [6, 6.07) is 20.1. The summed E-state index contributed by atoms with van der Waals surface area (Å²) in [5.74, 6) is 0.287. The molecule has 0 heterocycles. The standard InChI is InChI=1S/C24H21BrClN3O3S/c1-16-2-7-19(8-3-16)28-23(30)14-32-22-11-4-17(12-21(22)25)13-27-29-24(31)15-33-20-9-5-18(26)6-10-20/h2-13H,14-15H2,1H3,(H,28,30)(H,29,31)/b27-13-. The average Bonchev–Trinajstić information content (AvgIpc) is 2.80. The van der Waals surface area contributed by atoms with Gasteiger partial charge in [0, 0.05) is 15.6 Å². The van der Waals surface area contributed by atoms with Crippen LogP contribution in [0.5, 0.6) is 5.75 Å². The Bertz CT molecular complexity index is 1140. The van der Waals surface area contributed by atoms with Crippen LogP contribution in [0.1, 0.15) is 11.1 Å². The van der Waals surface area contributed by atoms with Gasteiger partial charge in [-0.25, -0.2) is 5.43 Å². The van der Waals surface area contributed by atoms with Crippen LogP contribution >= 0.6 is 39.3 Å². The summed E-state index contributed by atoms with van der Waals surface area (Å²) in [6.07, 6.45) is 1.53. The number of nitrogens with one attached hydrogen (secondary N) is 2. The first-order valence-corrected chi connectivity index (χ1v) is 12.0. The predicted molar refractivity (Wildman–Crippen MR) is 137 cm³/mol. The van der Waals surface area contributed by atoms with Crippen molar-refractivity contribution in [3.05, 3.63) is 87.4 Å². The van der Waals surface area contributed by atoms with Crippen molar-refractivity contribution in [2.45, 2.75) is 11.8 Å². The van der Waals surface area contributed by atoms with Crippen molar-refractivity contribution in [3.8, 4) is 5.75 Å². The number of benzene rings is 3. The van der Waals surface area contributed by atoms with Crippen molar-refractivity contribution >= 4 is 63.0 Å². The summed E-state index contributed by atoms with van der Waals surface area (Å²) >= 11 is 10.7. The number of aryl methyl sites for hydroxylation is 1. The number of carbonyl (C=O) groups is 2. The fourth-order valence-electron chi connectivity index (χ4n) is 2.58. The predicted octanol–water partition coefficient (Wildman–Crippen LogP) is 5.67. The monoisotopic (exact) mass is 545 g/mol. The first kappa shape index (κ1) is 24.8. The van der Waals surface area contributed by atoms with Crippen molar-refractivity contribution in [2.24, 2.45) is 5.10 Å². The number of hydrogen-bond acceptors (Lipinski definition) is 5. The first-order chi connectivity index (χ1) is 15.9. The SMILES string of the molecule is Cc1ccc(NC(=O)COc2ccc(/C=N\NC(=O)CSc3ccc(Cl)cc3)cc2Br)cc1. The molecule has 170 valence electrons. The zero-order chi connectivity index (χ0) is 23.6. The molecule has 0 fully saturated rings. The second-order valence-electron chi connectivity index (χ2n) is 6.93. The Morgan fingerprint density at radius 3 is 2.48 bits per heavy atom. The summed E-state index contributed by atoms with van der Waals surface area (Å²) in [4.78, 5) is 25.0. The number of ether oxygens (including phenoxy) is 1. The van der Waals surface area contributed by atoms with Gasteiger partial charge in [0.05, 0.1) is 16.4 Å². The van der Waals surface area contributed by atoms with E-state index in [-0.39, 0.29) is 24.2 Å². The molecule has 9 heteroatoms. The Hall–Kier alpha value is -2.81. The Morgan fingerprint density at radius 2 is 1.79 bits per heavy atom. The van der Waals surface area contributed by atoms with Gasteiger partial charge in [0.1, 0.15) is 5.75 Å². The molecule has 33 heavy (non-hydrogen) atoms. The summed E-state index contributed by atoms with van der Waals surface area (Å²) < 4.78 is 6.26. The second-order valence-corrected chi connectivity index (χ2v) is 9.27. The Kier molecular flexibility index (Phi) is 9.35. The van der Waals surface area contributed by atoms with Gasteiger partial charge in [-0.2, -0.15) is 5.10 Å². The lowest BCUT2D eigenvalue weighted by atomic mass is 10.2. The topological polar surface area (TPSA) is 79.8 Å². The fraction of sp³-hybridized carbons (Fsp3) is 0.125. The van der Waals surface area contributed by atoms with Gasteiger partial charge < -0.3 is 10.1 Å². The molecule has 2 amide bonds. The zero-order valence-electron chi connectivity index (χ0n) is 17.7. The molecular formula is C24H21BrClN3O3S. The zero-order valence-corrected chi connectivity index (χ0v) is 20.8. The molecule has 0 aliphatic carbocycles. The minimum absolute atomic E-state index is 0.124. The Balaban J connectivity index is 1.43. The van der Waals surface area contributed by atoms with Crippen molar-refractivity contribution in [2.75, 3.05) is 17.7 Å². The molecule has 3 aromatic carbocycles. The minimum atomic E-state index is -0.254. The van der Waals surface area contributed by atoms with E-state index in [2.05, 4.69) is 31.8 Å². The molecule has 0 saturated heterocycles. The highest BCUT2D eigenvalue weighted by molar-refractivity contribution is 9.10. The van der Waals surface area contributed by atoms with Crippen LogP contribution in [0.4, 0.5) is 5.69 Å². The number of thioether (sulfide) groups is 1. The molecule has 0 aliphatic rings. The molecule has 0 aromatic heterocycles. The minimum Gasteiger partial charge on any atom is -0.483 e. The quantitative estimate of drug-likeness (QED) is 0.206. The third-order valence-electron chi connectivity index (χ3n) is 4.24. The van der Waals surface area contributed by atoms with Gasteiger partial charge in [-0.15, -0.1) is 11.8 Å². The van der Waals surface area contributed by atoms with Gasteiger partial charge in [0.25, 0.3) is 5.91 Å². The van der Waals surface area contributed by atoms with Crippen LogP contribution in [0.2, 0.25) is 5.02 Å². The number of hydrogen-bond donors (Lipinski definition) is 2. The van der Waals surface area contributed by atoms with E-state index in [1.807, 2.05) is 43.3 Å². The van der Waals surface area contributed by atoms with E-state index in [0.29, 0.717) is 20.9 Å². The number of hydrazone groups is 1. The molecule has 0 spiro atoms. The molecule has 3 rings (SSSR count). The van der Waals surface area contributed by atoms with E-state index < -0.39 is 0 Å². The molecule has 0 radical (unpaired) electrons. The van der Waals surface area contributed by atoms with Gasteiger partial charge >= 0.3 is 0 Å². The maximum Gasteiger partial charge on any atom is 0.262 e. The lowest BCUT2D eigenvalue weighted by Gasteiger charge is -2.09. The average molecular weight is 547 g/mol. The number of anilines is 1. The van der Waals surface area contributed by atoms with E-state index in [1.165, 1.54) is 18.0 Å². The van der Waals surface area contributed by atoms with Crippen LogP contribution < -0.4 is 15.5 Å². The second kappa shape index (κ2) is 12.4. The van der Waals surface area contributed by atoms with Gasteiger partial charge in [-0.3, -0.25) is 9.59 Å². The van der Waals surface area contributed by atoms with Crippen LogP contribution in [0, 0.1) is 6.92 Å². The van der Waals surface area contributed by atoms with Crippen LogP contribution in [-0.2, 0) is 9.59 Å². The molecular weight excluding hydrogens is 526 g/mol. The Morgan fingerprint density at radius 1 is 1.06 bits per heavy atom. The number of amides is 2. The van der Waals surface area contributed by atoms with Crippen molar-refractivity contribution in [1.82, 2.24) is 5.43 Å². The van der Waals surface area contributed by atoms with E-state index >= 15 is 0 Å². The normalized spacial score (nSPS) is 10.8. The first-order valence-electron chi connectivity index (χ1n) is 9.88. The summed E-state index contributed by atoms with van der Waals surface area (Å²) in [7, 11) is 0. The van der Waals surface area contributed by atoms with Crippen LogP contribution in [0.25, 0.3) is 0 Å². The highest BCUT2D eigenvalue weighted by Gasteiger charge is 2.07. The van der Waals surface area contributed by atoms with Crippen molar-refractivity contribution in [3.63, 3.8) is 0 Å². The molecule has 0 saturated carbocycles. The molecule has 0 bridgehead atoms. The number of rotatable bonds is 9. The number of nitrogens with zero attached hydrogens (tertiary/aromatic N) is 1. The molecule has 0 aliphatic heterocycles. The maximum atomic E-state index is 12.1. The van der Waals surface area contributed by atoms with E-state index in [4.69, 9.17) is 16.3 Å². The largest absolute Gasteiger partial charge is 0.483 e. The molecule has 2 N–H and O–H groups in total. The van der Waals surface area contributed by atoms with E-state index in [0.717, 1.165) is 16.0 Å². The van der Waals surface area contributed by atoms with Gasteiger partial charge in [-0.05, 0) is 83.0 Å². The number of carbonyl (C=O) groups excluding carboxylic acids is 2. The third-order valence-corrected chi connectivity index (χ3v) is 6.12.